The SMILES string of the molecule is COc1ccc(/C=C/C(=O)O[C@@H](C)C(=O)Nc2cccc3ccccc23)cc1OC. The minimum Gasteiger partial charge on any atom is -0.493 e. The number of rotatable bonds is 7. The van der Waals surface area contributed by atoms with Gasteiger partial charge in [0.2, 0.25) is 0 Å². The van der Waals surface area contributed by atoms with E-state index >= 15 is 0 Å². The molecule has 6 nitrogen and oxygen atoms in total. The highest BCUT2D eigenvalue weighted by molar-refractivity contribution is 6.04. The quantitative estimate of drug-likeness (QED) is 0.465. The molecule has 0 aliphatic heterocycles. The lowest BCUT2D eigenvalue weighted by Crippen LogP contribution is -2.29. The van der Waals surface area contributed by atoms with Crippen LogP contribution in [0.25, 0.3) is 16.8 Å². The summed E-state index contributed by atoms with van der Waals surface area (Å²) in [7, 11) is 3.09. The van der Waals surface area contributed by atoms with Crippen molar-refractivity contribution in [3.8, 4) is 11.5 Å². The van der Waals surface area contributed by atoms with Gasteiger partial charge >= 0.3 is 5.97 Å². The van der Waals surface area contributed by atoms with Crippen molar-refractivity contribution in [1.29, 1.82) is 0 Å². The van der Waals surface area contributed by atoms with Crippen LogP contribution in [0.3, 0.4) is 0 Å². The Balaban J connectivity index is 1.62. The topological polar surface area (TPSA) is 73.9 Å². The van der Waals surface area contributed by atoms with Crippen molar-refractivity contribution in [2.24, 2.45) is 0 Å². The van der Waals surface area contributed by atoms with Crippen LogP contribution in [0.2, 0.25) is 0 Å². The fourth-order valence-corrected chi connectivity index (χ4v) is 2.96. The third kappa shape index (κ3) is 4.97. The standard InChI is InChI=1S/C24H23NO5/c1-16(24(27)25-20-10-6-8-18-7-4-5-9-19(18)20)30-23(26)14-12-17-11-13-21(28-2)22(15-17)29-3/h4-16H,1-3H3,(H,25,27)/b14-12+/t16-/m0/s1. The number of amides is 1. The van der Waals surface area contributed by atoms with Gasteiger partial charge in [0.15, 0.2) is 17.6 Å². The van der Waals surface area contributed by atoms with Crippen LogP contribution in [-0.2, 0) is 14.3 Å². The van der Waals surface area contributed by atoms with Gasteiger partial charge in [-0.3, -0.25) is 4.79 Å². The van der Waals surface area contributed by atoms with Crippen molar-refractivity contribution in [3.05, 3.63) is 72.3 Å². The summed E-state index contributed by atoms with van der Waals surface area (Å²) in [5.74, 6) is 0.122. The molecule has 30 heavy (non-hydrogen) atoms. The second-order valence-corrected chi connectivity index (χ2v) is 6.54. The summed E-state index contributed by atoms with van der Waals surface area (Å²) >= 11 is 0. The van der Waals surface area contributed by atoms with Crippen molar-refractivity contribution < 1.29 is 23.8 Å². The molecule has 154 valence electrons. The number of carbonyl (C=O) groups excluding carboxylic acids is 2. The molecule has 0 aliphatic carbocycles. The van der Waals surface area contributed by atoms with Gasteiger partial charge < -0.3 is 19.5 Å². The number of anilines is 1. The van der Waals surface area contributed by atoms with E-state index in [1.807, 2.05) is 42.5 Å². The lowest BCUT2D eigenvalue weighted by Gasteiger charge is -2.14. The van der Waals surface area contributed by atoms with Gasteiger partial charge in [-0.2, -0.15) is 0 Å². The molecular weight excluding hydrogens is 382 g/mol. The maximum atomic E-state index is 12.5. The van der Waals surface area contributed by atoms with E-state index in [-0.39, 0.29) is 0 Å². The van der Waals surface area contributed by atoms with Gasteiger partial charge in [0.25, 0.3) is 5.91 Å². The highest BCUT2D eigenvalue weighted by atomic mass is 16.5. The summed E-state index contributed by atoms with van der Waals surface area (Å²) in [5, 5.41) is 4.75. The number of esters is 1. The van der Waals surface area contributed by atoms with E-state index in [0.717, 1.165) is 16.3 Å². The van der Waals surface area contributed by atoms with Crippen molar-refractivity contribution >= 4 is 34.4 Å². The van der Waals surface area contributed by atoms with Crippen molar-refractivity contribution in [3.63, 3.8) is 0 Å². The predicted octanol–water partition coefficient (Wildman–Crippen LogP) is 4.44. The monoisotopic (exact) mass is 405 g/mol. The van der Waals surface area contributed by atoms with Crippen LogP contribution in [0.5, 0.6) is 11.5 Å². The van der Waals surface area contributed by atoms with E-state index in [2.05, 4.69) is 5.32 Å². The smallest absolute Gasteiger partial charge is 0.331 e. The van der Waals surface area contributed by atoms with Gasteiger partial charge in [-0.1, -0.05) is 42.5 Å². The average molecular weight is 405 g/mol. The molecule has 0 heterocycles. The Labute approximate surface area is 175 Å². The number of fused-ring (bicyclic) bond motifs is 1. The summed E-state index contributed by atoms with van der Waals surface area (Å²) in [6.07, 6.45) is 1.90. The minimum atomic E-state index is -0.952. The first-order chi connectivity index (χ1) is 14.5. The van der Waals surface area contributed by atoms with Gasteiger partial charge in [0.05, 0.1) is 14.2 Å². The molecule has 3 aromatic rings. The number of benzene rings is 3. The van der Waals surface area contributed by atoms with E-state index in [1.54, 1.807) is 31.4 Å². The lowest BCUT2D eigenvalue weighted by atomic mass is 10.1. The number of methoxy groups -OCH3 is 2. The molecule has 0 fully saturated rings. The predicted molar refractivity (Wildman–Crippen MR) is 117 cm³/mol. The Morgan fingerprint density at radius 3 is 2.43 bits per heavy atom. The zero-order valence-corrected chi connectivity index (χ0v) is 17.0. The second-order valence-electron chi connectivity index (χ2n) is 6.54. The van der Waals surface area contributed by atoms with Gasteiger partial charge in [-0.15, -0.1) is 0 Å². The molecule has 6 heteroatoms. The maximum absolute atomic E-state index is 12.5. The molecule has 0 aliphatic rings. The molecule has 0 spiro atoms. The molecule has 3 aromatic carbocycles. The number of hydrogen-bond donors (Lipinski definition) is 1. The molecular formula is C24H23NO5. The Morgan fingerprint density at radius 1 is 0.933 bits per heavy atom. The van der Waals surface area contributed by atoms with Crippen LogP contribution in [0.1, 0.15) is 12.5 Å². The Hall–Kier alpha value is -3.80. The Bertz CT molecular complexity index is 1080. The first-order valence-corrected chi connectivity index (χ1v) is 9.41. The largest absolute Gasteiger partial charge is 0.493 e. The third-order valence-electron chi connectivity index (χ3n) is 4.53. The highest BCUT2D eigenvalue weighted by Gasteiger charge is 2.17. The number of hydrogen-bond acceptors (Lipinski definition) is 5. The van der Waals surface area contributed by atoms with E-state index in [1.165, 1.54) is 20.1 Å². The number of ether oxygens (including phenoxy) is 3. The summed E-state index contributed by atoms with van der Waals surface area (Å²) in [6.45, 7) is 1.53. The first kappa shape index (κ1) is 20.9. The molecule has 0 unspecified atom stereocenters. The van der Waals surface area contributed by atoms with Crippen LogP contribution >= 0.6 is 0 Å². The fourth-order valence-electron chi connectivity index (χ4n) is 2.96. The van der Waals surface area contributed by atoms with Gasteiger partial charge in [-0.05, 0) is 42.1 Å². The molecule has 1 N–H and O–H groups in total. The summed E-state index contributed by atoms with van der Waals surface area (Å²) in [6, 6.07) is 18.6. The maximum Gasteiger partial charge on any atom is 0.331 e. The summed E-state index contributed by atoms with van der Waals surface area (Å²) < 4.78 is 15.7. The normalized spacial score (nSPS) is 11.8. The molecule has 0 saturated carbocycles. The highest BCUT2D eigenvalue weighted by Crippen LogP contribution is 2.28. The van der Waals surface area contributed by atoms with Crippen LogP contribution < -0.4 is 14.8 Å². The number of nitrogens with one attached hydrogen (secondary N) is 1. The molecule has 0 bridgehead atoms. The zero-order valence-electron chi connectivity index (χ0n) is 17.0. The minimum absolute atomic E-state index is 0.404. The Morgan fingerprint density at radius 2 is 1.67 bits per heavy atom. The van der Waals surface area contributed by atoms with Crippen LogP contribution in [-0.4, -0.2) is 32.2 Å². The lowest BCUT2D eigenvalue weighted by molar-refractivity contribution is -0.148. The molecule has 0 saturated heterocycles. The van der Waals surface area contributed by atoms with E-state index in [4.69, 9.17) is 14.2 Å². The van der Waals surface area contributed by atoms with Gasteiger partial charge in [0, 0.05) is 17.1 Å². The number of carbonyl (C=O) groups is 2. The van der Waals surface area contributed by atoms with Crippen molar-refractivity contribution in [2.75, 3.05) is 19.5 Å². The molecule has 1 amide bonds. The fraction of sp³-hybridized carbons (Fsp3) is 0.167. The zero-order chi connectivity index (χ0) is 21.5. The molecule has 3 rings (SSSR count). The molecule has 0 aromatic heterocycles. The van der Waals surface area contributed by atoms with Gasteiger partial charge in [0.1, 0.15) is 0 Å². The van der Waals surface area contributed by atoms with Gasteiger partial charge in [-0.25, -0.2) is 4.79 Å². The van der Waals surface area contributed by atoms with Crippen molar-refractivity contribution in [1.82, 2.24) is 0 Å². The van der Waals surface area contributed by atoms with E-state index in [0.29, 0.717) is 17.2 Å². The second kappa shape index (κ2) is 9.60. The van der Waals surface area contributed by atoms with Crippen LogP contribution in [0.4, 0.5) is 5.69 Å². The molecule has 0 radical (unpaired) electrons. The summed E-state index contributed by atoms with van der Waals surface area (Å²) in [5.41, 5.74) is 1.40. The van der Waals surface area contributed by atoms with E-state index < -0.39 is 18.0 Å². The van der Waals surface area contributed by atoms with Crippen molar-refractivity contribution in [2.45, 2.75) is 13.0 Å². The van der Waals surface area contributed by atoms with E-state index in [9.17, 15) is 9.59 Å². The van der Waals surface area contributed by atoms with Crippen LogP contribution in [0.15, 0.2) is 66.7 Å². The molecule has 1 atom stereocenters. The first-order valence-electron chi connectivity index (χ1n) is 9.41. The average Bonchev–Trinajstić information content (AvgIpc) is 2.77. The Kier molecular flexibility index (Phi) is 6.70. The van der Waals surface area contributed by atoms with Crippen LogP contribution in [0, 0.1) is 0 Å². The summed E-state index contributed by atoms with van der Waals surface area (Å²) in [4.78, 5) is 24.6. The third-order valence-corrected chi connectivity index (χ3v) is 4.53.